The van der Waals surface area contributed by atoms with Crippen molar-refractivity contribution in [3.63, 3.8) is 0 Å². The average molecular weight is 391 g/mol. The zero-order valence-electron chi connectivity index (χ0n) is 15.8. The van der Waals surface area contributed by atoms with Crippen LogP contribution in [0.3, 0.4) is 0 Å². The van der Waals surface area contributed by atoms with E-state index in [1.807, 2.05) is 37.4 Å². The van der Waals surface area contributed by atoms with E-state index in [0.717, 1.165) is 47.0 Å². The molecule has 0 N–H and O–H groups in total. The zero-order chi connectivity index (χ0) is 19.5. The van der Waals surface area contributed by atoms with Gasteiger partial charge in [0.15, 0.2) is 5.78 Å². The number of hydrogen-bond donors (Lipinski definition) is 1. The first-order valence-electron chi connectivity index (χ1n) is 9.36. The lowest BCUT2D eigenvalue weighted by Crippen LogP contribution is -2.32. The van der Waals surface area contributed by atoms with E-state index in [2.05, 4.69) is 38.5 Å². The number of carbonyl (C=O) groups is 1. The van der Waals surface area contributed by atoms with Crippen LogP contribution in [0.5, 0.6) is 0 Å². The summed E-state index contributed by atoms with van der Waals surface area (Å²) in [6.45, 7) is 3.55. The zero-order valence-corrected chi connectivity index (χ0v) is 16.7. The number of ketones is 1. The summed E-state index contributed by atoms with van der Waals surface area (Å²) < 4.78 is 0. The summed E-state index contributed by atoms with van der Waals surface area (Å²) in [4.78, 5) is 28.3. The summed E-state index contributed by atoms with van der Waals surface area (Å²) in [6.07, 6.45) is 4.83. The average Bonchev–Trinajstić information content (AvgIpc) is 2.73. The van der Waals surface area contributed by atoms with Gasteiger partial charge in [0.05, 0.1) is 11.4 Å². The van der Waals surface area contributed by atoms with E-state index in [9.17, 15) is 4.79 Å². The molecule has 0 spiro atoms. The van der Waals surface area contributed by atoms with Gasteiger partial charge in [-0.3, -0.25) is 4.79 Å². The molecule has 3 aromatic rings. The fourth-order valence-corrected chi connectivity index (χ4v) is 3.66. The van der Waals surface area contributed by atoms with Gasteiger partial charge in [-0.25, -0.2) is 15.0 Å². The number of pyridine rings is 1. The third-order valence-corrected chi connectivity index (χ3v) is 5.25. The molecule has 5 nitrogen and oxygen atoms in total. The third kappa shape index (κ3) is 4.07. The quantitative estimate of drug-likeness (QED) is 0.533. The Hall–Kier alpha value is -2.73. The van der Waals surface area contributed by atoms with E-state index in [-0.39, 0.29) is 5.78 Å². The van der Waals surface area contributed by atoms with Crippen molar-refractivity contribution >= 4 is 24.2 Å². The second kappa shape index (κ2) is 8.10. The van der Waals surface area contributed by atoms with E-state index in [1.54, 1.807) is 12.3 Å². The Labute approximate surface area is 170 Å². The van der Waals surface area contributed by atoms with Gasteiger partial charge in [-0.15, -0.1) is 0 Å². The molecule has 0 unspecified atom stereocenters. The van der Waals surface area contributed by atoms with Crippen molar-refractivity contribution in [2.24, 2.45) is 0 Å². The monoisotopic (exact) mass is 390 g/mol. The molecule has 1 aromatic carbocycles. The molecule has 0 saturated carbocycles. The highest BCUT2D eigenvalue weighted by molar-refractivity contribution is 7.79. The molecule has 0 atom stereocenters. The number of anilines is 1. The number of aryl methyl sites for hydroxylation is 1. The van der Waals surface area contributed by atoms with Crippen molar-refractivity contribution in [3.8, 4) is 0 Å². The highest BCUT2D eigenvalue weighted by Gasteiger charge is 2.20. The number of rotatable bonds is 5. The molecule has 142 valence electrons. The number of benzene rings is 1. The smallest absolute Gasteiger partial charge is 0.167 e. The molecule has 0 radical (unpaired) electrons. The maximum atomic E-state index is 12.8. The summed E-state index contributed by atoms with van der Waals surface area (Å²) in [5, 5.41) is 0. The number of aromatic nitrogens is 3. The van der Waals surface area contributed by atoms with E-state index in [1.165, 1.54) is 0 Å². The number of hydrogen-bond acceptors (Lipinski definition) is 6. The van der Waals surface area contributed by atoms with E-state index in [0.29, 0.717) is 24.3 Å². The summed E-state index contributed by atoms with van der Waals surface area (Å²) in [7, 11) is 0. The van der Waals surface area contributed by atoms with Crippen LogP contribution in [-0.4, -0.2) is 27.3 Å². The maximum absolute atomic E-state index is 12.8. The van der Waals surface area contributed by atoms with Crippen molar-refractivity contribution in [2.45, 2.75) is 32.1 Å². The minimum absolute atomic E-state index is 0.105. The molecule has 0 fully saturated rings. The summed E-state index contributed by atoms with van der Waals surface area (Å²) in [5.74, 6) is 2.23. The van der Waals surface area contributed by atoms with Gasteiger partial charge in [0.2, 0.25) is 0 Å². The van der Waals surface area contributed by atoms with Gasteiger partial charge in [-0.1, -0.05) is 29.8 Å². The Morgan fingerprint density at radius 1 is 1.21 bits per heavy atom. The SMILES string of the molecule is Cc1cccc(CC(=O)c2ccnc(N3CCc4nc(CS)ncc4C3)c2)c1. The Kier molecular flexibility index (Phi) is 5.39. The van der Waals surface area contributed by atoms with Gasteiger partial charge in [0.25, 0.3) is 0 Å². The second-order valence-electron chi connectivity index (χ2n) is 7.08. The lowest BCUT2D eigenvalue weighted by molar-refractivity contribution is 0.0993. The molecule has 6 heteroatoms. The lowest BCUT2D eigenvalue weighted by Gasteiger charge is -2.29. The molecule has 2 aromatic heterocycles. The molecule has 0 bridgehead atoms. The summed E-state index contributed by atoms with van der Waals surface area (Å²) in [5.41, 5.74) is 5.08. The van der Waals surface area contributed by atoms with Gasteiger partial charge >= 0.3 is 0 Å². The Balaban J connectivity index is 1.51. The van der Waals surface area contributed by atoms with Gasteiger partial charge in [0, 0.05) is 49.5 Å². The molecular weight excluding hydrogens is 368 g/mol. The van der Waals surface area contributed by atoms with Crippen LogP contribution in [0.15, 0.2) is 48.8 Å². The molecule has 1 aliphatic rings. The normalized spacial score (nSPS) is 13.3. The Morgan fingerprint density at radius 2 is 2.11 bits per heavy atom. The molecule has 28 heavy (non-hydrogen) atoms. The van der Waals surface area contributed by atoms with Crippen LogP contribution >= 0.6 is 12.6 Å². The highest BCUT2D eigenvalue weighted by Crippen LogP contribution is 2.23. The molecule has 1 aliphatic heterocycles. The Bertz CT molecular complexity index is 1020. The maximum Gasteiger partial charge on any atom is 0.167 e. The van der Waals surface area contributed by atoms with Crippen LogP contribution in [0.2, 0.25) is 0 Å². The van der Waals surface area contributed by atoms with Crippen LogP contribution in [0.1, 0.15) is 38.6 Å². The van der Waals surface area contributed by atoms with Gasteiger partial charge in [-0.2, -0.15) is 12.6 Å². The molecule has 0 aliphatic carbocycles. The first-order valence-corrected chi connectivity index (χ1v) is 10.00. The first-order chi connectivity index (χ1) is 13.6. The number of carbonyl (C=O) groups excluding carboxylic acids is 1. The largest absolute Gasteiger partial charge is 0.352 e. The van der Waals surface area contributed by atoms with Crippen LogP contribution in [0.25, 0.3) is 0 Å². The van der Waals surface area contributed by atoms with Crippen molar-refractivity contribution in [3.05, 3.63) is 82.6 Å². The number of fused-ring (bicyclic) bond motifs is 1. The van der Waals surface area contributed by atoms with Crippen LogP contribution < -0.4 is 4.90 Å². The number of thiol groups is 1. The molecular formula is C22H22N4OS. The van der Waals surface area contributed by atoms with Crippen molar-refractivity contribution in [1.29, 1.82) is 0 Å². The van der Waals surface area contributed by atoms with Crippen LogP contribution in [0.4, 0.5) is 5.82 Å². The molecule has 4 rings (SSSR count). The Morgan fingerprint density at radius 3 is 2.93 bits per heavy atom. The topological polar surface area (TPSA) is 59.0 Å². The van der Waals surface area contributed by atoms with Crippen molar-refractivity contribution < 1.29 is 4.79 Å². The third-order valence-electron chi connectivity index (χ3n) is 4.96. The van der Waals surface area contributed by atoms with Gasteiger partial charge in [0.1, 0.15) is 11.6 Å². The number of nitrogens with zero attached hydrogens (tertiary/aromatic N) is 4. The summed E-state index contributed by atoms with van der Waals surface area (Å²) in [6, 6.07) is 11.8. The first kappa shape index (κ1) is 18.6. The fraction of sp³-hybridized carbons (Fsp3) is 0.273. The standard InChI is InChI=1S/C22H22N4OS/c1-15-3-2-4-16(9-15)10-20(27)17-5-7-23-22(11-17)26-8-6-19-18(13-26)12-24-21(14-28)25-19/h2-5,7,9,11-12,28H,6,8,10,13-14H2,1H3. The van der Waals surface area contributed by atoms with Crippen LogP contribution in [0, 0.1) is 6.92 Å². The predicted octanol–water partition coefficient (Wildman–Crippen LogP) is 3.60. The second-order valence-corrected chi connectivity index (χ2v) is 7.40. The molecule has 0 saturated heterocycles. The fourth-order valence-electron chi connectivity index (χ4n) is 3.50. The van der Waals surface area contributed by atoms with E-state index >= 15 is 0 Å². The van der Waals surface area contributed by atoms with E-state index < -0.39 is 0 Å². The van der Waals surface area contributed by atoms with Gasteiger partial charge in [-0.05, 0) is 24.6 Å². The minimum atomic E-state index is 0.105. The molecule has 0 amide bonds. The highest BCUT2D eigenvalue weighted by atomic mass is 32.1. The van der Waals surface area contributed by atoms with Crippen molar-refractivity contribution in [1.82, 2.24) is 15.0 Å². The minimum Gasteiger partial charge on any atom is -0.352 e. The summed E-state index contributed by atoms with van der Waals surface area (Å²) >= 11 is 4.25. The van der Waals surface area contributed by atoms with Gasteiger partial charge < -0.3 is 4.90 Å². The molecule has 3 heterocycles. The van der Waals surface area contributed by atoms with Crippen LogP contribution in [-0.2, 0) is 25.1 Å². The van der Waals surface area contributed by atoms with E-state index in [4.69, 9.17) is 0 Å². The van der Waals surface area contributed by atoms with Crippen molar-refractivity contribution in [2.75, 3.05) is 11.4 Å². The number of Topliss-reactive ketones (excluding diaryl/α,β-unsaturated/α-hetero) is 1. The predicted molar refractivity (Wildman–Crippen MR) is 113 cm³/mol. The lowest BCUT2D eigenvalue weighted by atomic mass is 10.0.